The van der Waals surface area contributed by atoms with Crippen LogP contribution in [0.3, 0.4) is 0 Å². The number of halogens is 1. The molecule has 4 nitrogen and oxygen atoms in total. The zero-order chi connectivity index (χ0) is 14.0. The van der Waals surface area contributed by atoms with E-state index in [-0.39, 0.29) is 6.04 Å². The summed E-state index contributed by atoms with van der Waals surface area (Å²) in [5.41, 5.74) is 13.1. The number of rotatable bonds is 3. The predicted molar refractivity (Wildman–Crippen MR) is 81.3 cm³/mol. The number of hydrogen-bond donors (Lipinski definition) is 2. The molecule has 0 aliphatic carbocycles. The highest BCUT2D eigenvalue weighted by atomic mass is 35.5. The Morgan fingerprint density at radius 1 is 1.11 bits per heavy atom. The van der Waals surface area contributed by atoms with Gasteiger partial charge in [-0.05, 0) is 36.8 Å². The fourth-order valence-corrected chi connectivity index (χ4v) is 1.96. The standard InChI is InChI=1S/C14H17ClN4/c1-9(10-3-5-11(15)6-4-10)19(2)13-8-7-12(16)14(17)18-13/h3-9H,16H2,1-2H3,(H2,17,18). The van der Waals surface area contributed by atoms with Crippen LogP contribution in [0.4, 0.5) is 17.3 Å². The van der Waals surface area contributed by atoms with Gasteiger partial charge in [0.25, 0.3) is 0 Å². The summed E-state index contributed by atoms with van der Waals surface area (Å²) in [6, 6.07) is 11.6. The molecule has 0 saturated carbocycles. The largest absolute Gasteiger partial charge is 0.396 e. The molecule has 1 atom stereocenters. The fourth-order valence-electron chi connectivity index (χ4n) is 1.83. The van der Waals surface area contributed by atoms with Gasteiger partial charge in [0, 0.05) is 12.1 Å². The number of anilines is 3. The summed E-state index contributed by atoms with van der Waals surface area (Å²) in [5, 5.41) is 0.730. The van der Waals surface area contributed by atoms with Gasteiger partial charge in [-0.2, -0.15) is 0 Å². The van der Waals surface area contributed by atoms with E-state index >= 15 is 0 Å². The van der Waals surface area contributed by atoms with E-state index in [1.807, 2.05) is 42.3 Å². The number of aromatic nitrogens is 1. The van der Waals surface area contributed by atoms with Crippen LogP contribution in [0, 0.1) is 0 Å². The monoisotopic (exact) mass is 276 g/mol. The van der Waals surface area contributed by atoms with Gasteiger partial charge in [0.05, 0.1) is 11.7 Å². The van der Waals surface area contributed by atoms with E-state index in [9.17, 15) is 0 Å². The van der Waals surface area contributed by atoms with Gasteiger partial charge in [0.2, 0.25) is 0 Å². The predicted octanol–water partition coefficient (Wildman–Crippen LogP) is 3.10. The molecular formula is C14H17ClN4. The van der Waals surface area contributed by atoms with Crippen molar-refractivity contribution in [3.05, 3.63) is 47.0 Å². The van der Waals surface area contributed by atoms with Gasteiger partial charge in [-0.1, -0.05) is 23.7 Å². The number of hydrogen-bond acceptors (Lipinski definition) is 4. The smallest absolute Gasteiger partial charge is 0.149 e. The second-order valence-corrected chi connectivity index (χ2v) is 4.92. The van der Waals surface area contributed by atoms with Crippen LogP contribution in [-0.4, -0.2) is 12.0 Å². The SMILES string of the molecule is CC(c1ccc(Cl)cc1)N(C)c1ccc(N)c(N)n1. The van der Waals surface area contributed by atoms with E-state index in [0.717, 1.165) is 16.4 Å². The van der Waals surface area contributed by atoms with E-state index < -0.39 is 0 Å². The van der Waals surface area contributed by atoms with Gasteiger partial charge in [0.15, 0.2) is 0 Å². The maximum absolute atomic E-state index is 5.89. The van der Waals surface area contributed by atoms with Crippen molar-refractivity contribution in [2.24, 2.45) is 0 Å². The average Bonchev–Trinajstić information content (AvgIpc) is 2.41. The Kier molecular flexibility index (Phi) is 3.81. The summed E-state index contributed by atoms with van der Waals surface area (Å²) in [7, 11) is 1.97. The highest BCUT2D eigenvalue weighted by molar-refractivity contribution is 6.30. The van der Waals surface area contributed by atoms with Crippen LogP contribution in [0.5, 0.6) is 0 Å². The summed E-state index contributed by atoms with van der Waals surface area (Å²) in [6.45, 7) is 2.09. The van der Waals surface area contributed by atoms with Gasteiger partial charge in [0.1, 0.15) is 11.6 Å². The molecule has 2 rings (SSSR count). The lowest BCUT2D eigenvalue weighted by Gasteiger charge is -2.26. The zero-order valence-corrected chi connectivity index (χ0v) is 11.7. The Morgan fingerprint density at radius 2 is 1.74 bits per heavy atom. The van der Waals surface area contributed by atoms with Crippen LogP contribution in [0.2, 0.25) is 5.02 Å². The van der Waals surface area contributed by atoms with Crippen molar-refractivity contribution in [2.75, 3.05) is 23.4 Å². The summed E-state index contributed by atoms with van der Waals surface area (Å²) in [4.78, 5) is 6.33. The van der Waals surface area contributed by atoms with Crippen molar-refractivity contribution < 1.29 is 0 Å². The third kappa shape index (κ3) is 2.90. The molecule has 4 N–H and O–H groups in total. The number of nitrogens with two attached hydrogens (primary N) is 2. The number of benzene rings is 1. The average molecular weight is 277 g/mol. The summed E-state index contributed by atoms with van der Waals surface area (Å²) >= 11 is 5.89. The minimum atomic E-state index is 0.160. The lowest BCUT2D eigenvalue weighted by molar-refractivity contribution is 0.729. The number of nitrogen functional groups attached to an aromatic ring is 2. The van der Waals surface area contributed by atoms with E-state index in [0.29, 0.717) is 11.5 Å². The van der Waals surface area contributed by atoms with Gasteiger partial charge < -0.3 is 16.4 Å². The third-order valence-corrected chi connectivity index (χ3v) is 3.49. The van der Waals surface area contributed by atoms with E-state index in [2.05, 4.69) is 11.9 Å². The Morgan fingerprint density at radius 3 is 2.32 bits per heavy atom. The minimum absolute atomic E-state index is 0.160. The van der Waals surface area contributed by atoms with Gasteiger partial charge in [-0.25, -0.2) is 4.98 Å². The molecule has 19 heavy (non-hydrogen) atoms. The highest BCUT2D eigenvalue weighted by Crippen LogP contribution is 2.26. The van der Waals surface area contributed by atoms with Crippen molar-refractivity contribution in [3.63, 3.8) is 0 Å². The third-order valence-electron chi connectivity index (χ3n) is 3.24. The van der Waals surface area contributed by atoms with Crippen molar-refractivity contribution in [1.82, 2.24) is 4.98 Å². The van der Waals surface area contributed by atoms with Crippen LogP contribution < -0.4 is 16.4 Å². The molecule has 0 aliphatic rings. The molecular weight excluding hydrogens is 260 g/mol. The maximum atomic E-state index is 5.89. The first-order valence-electron chi connectivity index (χ1n) is 5.99. The van der Waals surface area contributed by atoms with Gasteiger partial charge in [-0.3, -0.25) is 0 Å². The Balaban J connectivity index is 2.25. The molecule has 0 fully saturated rings. The molecule has 100 valence electrons. The van der Waals surface area contributed by atoms with Crippen LogP contribution in [0.1, 0.15) is 18.5 Å². The Bertz CT molecular complexity index is 568. The quantitative estimate of drug-likeness (QED) is 0.904. The molecule has 1 unspecified atom stereocenters. The molecule has 0 amide bonds. The molecule has 0 saturated heterocycles. The highest BCUT2D eigenvalue weighted by Gasteiger charge is 2.14. The first kappa shape index (κ1) is 13.5. The molecule has 0 radical (unpaired) electrons. The van der Waals surface area contributed by atoms with E-state index in [1.54, 1.807) is 6.07 Å². The fraction of sp³-hybridized carbons (Fsp3) is 0.214. The summed E-state index contributed by atoms with van der Waals surface area (Å²) < 4.78 is 0. The lowest BCUT2D eigenvalue weighted by Crippen LogP contribution is -2.23. The molecule has 0 spiro atoms. The van der Waals surface area contributed by atoms with E-state index in [4.69, 9.17) is 23.1 Å². The molecule has 0 bridgehead atoms. The van der Waals surface area contributed by atoms with Crippen LogP contribution in [0.25, 0.3) is 0 Å². The van der Waals surface area contributed by atoms with E-state index in [1.165, 1.54) is 0 Å². The number of nitrogens with zero attached hydrogens (tertiary/aromatic N) is 2. The second kappa shape index (κ2) is 5.36. The van der Waals surface area contributed by atoms with Crippen LogP contribution >= 0.6 is 11.6 Å². The van der Waals surface area contributed by atoms with Crippen LogP contribution in [0.15, 0.2) is 36.4 Å². The Hall–Kier alpha value is -1.94. The van der Waals surface area contributed by atoms with Gasteiger partial charge >= 0.3 is 0 Å². The summed E-state index contributed by atoms with van der Waals surface area (Å²) in [6.07, 6.45) is 0. The normalized spacial score (nSPS) is 12.2. The second-order valence-electron chi connectivity index (χ2n) is 4.48. The summed E-state index contributed by atoms with van der Waals surface area (Å²) in [5.74, 6) is 1.14. The molecule has 1 aromatic heterocycles. The molecule has 1 heterocycles. The molecule has 2 aromatic rings. The van der Waals surface area contributed by atoms with Crippen molar-refractivity contribution in [1.29, 1.82) is 0 Å². The van der Waals surface area contributed by atoms with Crippen molar-refractivity contribution in [2.45, 2.75) is 13.0 Å². The number of pyridine rings is 1. The maximum Gasteiger partial charge on any atom is 0.149 e. The lowest BCUT2D eigenvalue weighted by atomic mass is 10.1. The molecule has 1 aromatic carbocycles. The molecule has 5 heteroatoms. The molecule has 0 aliphatic heterocycles. The van der Waals surface area contributed by atoms with Crippen molar-refractivity contribution >= 4 is 28.9 Å². The van der Waals surface area contributed by atoms with Crippen molar-refractivity contribution in [3.8, 4) is 0 Å². The van der Waals surface area contributed by atoms with Gasteiger partial charge in [-0.15, -0.1) is 0 Å². The zero-order valence-electron chi connectivity index (χ0n) is 11.0. The first-order valence-corrected chi connectivity index (χ1v) is 6.37. The Labute approximate surface area is 118 Å². The topological polar surface area (TPSA) is 68.2 Å². The van der Waals surface area contributed by atoms with Crippen LogP contribution in [-0.2, 0) is 0 Å². The first-order chi connectivity index (χ1) is 8.99. The minimum Gasteiger partial charge on any atom is -0.396 e.